The molecule has 0 aliphatic rings. The topological polar surface area (TPSA) is 56.7 Å². The molecule has 0 unspecified atom stereocenters. The molecule has 0 amide bonds. The van der Waals surface area contributed by atoms with Gasteiger partial charge in [-0.3, -0.25) is 0 Å². The molecule has 3 heterocycles. The van der Waals surface area contributed by atoms with Gasteiger partial charge in [-0.25, -0.2) is 15.0 Å². The number of para-hydroxylation sites is 4. The van der Waals surface area contributed by atoms with Crippen molar-refractivity contribution in [3.63, 3.8) is 0 Å². The third kappa shape index (κ3) is 5.29. The van der Waals surface area contributed by atoms with Gasteiger partial charge in [-0.15, -0.1) is 0 Å². The maximum atomic E-state index is 9.18. The summed E-state index contributed by atoms with van der Waals surface area (Å²) in [5, 5.41) is 3.20. The number of benzene rings is 8. The van der Waals surface area contributed by atoms with Crippen LogP contribution < -0.4 is 0 Å². The van der Waals surface area contributed by atoms with Gasteiger partial charge in [-0.1, -0.05) is 152 Å². The van der Waals surface area contributed by atoms with Gasteiger partial charge in [0.15, 0.2) is 17.5 Å². The van der Waals surface area contributed by atoms with Gasteiger partial charge in [-0.2, -0.15) is 0 Å². The minimum Gasteiger partial charge on any atom is -0.455 e. The molecule has 0 bridgehead atoms. The van der Waals surface area contributed by atoms with Crippen molar-refractivity contribution in [2.24, 2.45) is 0 Å². The second-order valence-electron chi connectivity index (χ2n) is 13.7. The lowest BCUT2D eigenvalue weighted by molar-refractivity contribution is 0.669. The molecular weight excluding hydrogens is 685 g/mol. The Bertz CT molecular complexity index is 3460. The summed E-state index contributed by atoms with van der Waals surface area (Å²) in [5.41, 5.74) is 9.82. The molecule has 0 aliphatic heterocycles. The summed E-state index contributed by atoms with van der Waals surface area (Å²) in [6.45, 7) is 0. The quantitative estimate of drug-likeness (QED) is 0.172. The third-order valence-electron chi connectivity index (χ3n) is 10.4. The summed E-state index contributed by atoms with van der Waals surface area (Å²) in [5.74, 6) is 1.48. The fourth-order valence-corrected chi connectivity index (χ4v) is 7.76. The lowest BCUT2D eigenvalue weighted by atomic mass is 9.98. The molecule has 5 heteroatoms. The van der Waals surface area contributed by atoms with Gasteiger partial charge in [-0.05, 0) is 59.1 Å². The summed E-state index contributed by atoms with van der Waals surface area (Å²) in [7, 11) is 0. The van der Waals surface area contributed by atoms with E-state index in [1.807, 2.05) is 138 Å². The summed E-state index contributed by atoms with van der Waals surface area (Å²) in [4.78, 5) is 15.0. The first kappa shape index (κ1) is 27.9. The van der Waals surface area contributed by atoms with E-state index in [4.69, 9.17) is 23.5 Å². The minimum absolute atomic E-state index is 0.0754. The summed E-state index contributed by atoms with van der Waals surface area (Å²) < 4.78 is 43.9. The van der Waals surface area contributed by atoms with Gasteiger partial charge in [0.05, 0.1) is 22.1 Å². The standard InChI is InChI=1S/C51H32N4O/c1-3-13-33(14-4-1)34-25-27-35(28-26-34)39-19-11-20-42-40-17-7-9-23-45(40)55(47(39)42)38-31-29-37(30-32-38)50-52-49(36-15-5-2-6-16-36)53-51(54-50)44-22-12-21-43-41-18-8-10-24-46(41)56-48(43)44/h1-32H/i7D,9D,17D,23D. The van der Waals surface area contributed by atoms with Crippen LogP contribution in [0.15, 0.2) is 198 Å². The normalized spacial score (nSPS) is 12.6. The zero-order valence-electron chi connectivity index (χ0n) is 33.9. The molecular formula is C51H32N4O. The predicted octanol–water partition coefficient (Wildman–Crippen LogP) is 13.2. The van der Waals surface area contributed by atoms with Crippen molar-refractivity contribution in [1.29, 1.82) is 0 Å². The van der Waals surface area contributed by atoms with Crippen molar-refractivity contribution >= 4 is 43.7 Å². The first-order valence-corrected chi connectivity index (χ1v) is 18.5. The molecule has 0 saturated heterocycles. The molecule has 11 aromatic rings. The van der Waals surface area contributed by atoms with Crippen molar-refractivity contribution in [2.45, 2.75) is 0 Å². The van der Waals surface area contributed by atoms with Crippen LogP contribution in [0.3, 0.4) is 0 Å². The molecule has 3 aromatic heterocycles. The minimum atomic E-state index is -0.285. The van der Waals surface area contributed by atoms with Crippen LogP contribution in [0.25, 0.3) is 106 Å². The average Bonchev–Trinajstić information content (AvgIpc) is 3.87. The van der Waals surface area contributed by atoms with Crippen molar-refractivity contribution in [1.82, 2.24) is 19.5 Å². The molecule has 0 spiro atoms. The molecule has 0 fully saturated rings. The molecule has 0 radical (unpaired) electrons. The summed E-state index contributed by atoms with van der Waals surface area (Å²) in [6.07, 6.45) is 0. The van der Waals surface area contributed by atoms with E-state index in [9.17, 15) is 1.37 Å². The molecule has 0 N–H and O–H groups in total. The maximum absolute atomic E-state index is 9.18. The van der Waals surface area contributed by atoms with Crippen molar-refractivity contribution < 1.29 is 9.90 Å². The van der Waals surface area contributed by atoms with E-state index in [0.717, 1.165) is 71.9 Å². The Hall–Kier alpha value is -7.63. The van der Waals surface area contributed by atoms with Gasteiger partial charge < -0.3 is 8.98 Å². The molecule has 5 nitrogen and oxygen atoms in total. The number of rotatable bonds is 6. The van der Waals surface area contributed by atoms with Gasteiger partial charge in [0.1, 0.15) is 11.2 Å². The Morgan fingerprint density at radius 3 is 1.73 bits per heavy atom. The zero-order valence-corrected chi connectivity index (χ0v) is 29.9. The summed E-state index contributed by atoms with van der Waals surface area (Å²) >= 11 is 0. The van der Waals surface area contributed by atoms with E-state index in [0.29, 0.717) is 34.0 Å². The first-order chi connectivity index (χ1) is 29.4. The van der Waals surface area contributed by atoms with E-state index < -0.39 is 0 Å². The highest BCUT2D eigenvalue weighted by molar-refractivity contribution is 6.14. The van der Waals surface area contributed by atoms with Crippen molar-refractivity contribution in [2.75, 3.05) is 0 Å². The SMILES string of the molecule is [2H]c1c([2H])c([2H])c2c(c1[2H])c1cccc(-c3ccc(-c4ccccc4)cc3)c1n2-c1ccc(-c2nc(-c3ccccc3)nc(-c3cccc4c3oc3ccccc34)n2)cc1. The second-order valence-corrected chi connectivity index (χ2v) is 13.7. The van der Waals surface area contributed by atoms with Crippen LogP contribution in [-0.2, 0) is 0 Å². The molecule has 8 aromatic carbocycles. The number of aromatic nitrogens is 4. The molecule has 11 rings (SSSR count). The van der Waals surface area contributed by atoms with Gasteiger partial charge >= 0.3 is 0 Å². The molecule has 0 saturated carbocycles. The fourth-order valence-electron chi connectivity index (χ4n) is 7.76. The largest absolute Gasteiger partial charge is 0.455 e. The van der Waals surface area contributed by atoms with Crippen LogP contribution in [0, 0.1) is 0 Å². The number of hydrogen-bond donors (Lipinski definition) is 0. The van der Waals surface area contributed by atoms with Gasteiger partial charge in [0.2, 0.25) is 0 Å². The van der Waals surface area contributed by atoms with Crippen LogP contribution in [0.5, 0.6) is 0 Å². The monoisotopic (exact) mass is 720 g/mol. The van der Waals surface area contributed by atoms with E-state index >= 15 is 0 Å². The average molecular weight is 721 g/mol. The summed E-state index contributed by atoms with van der Waals surface area (Å²) in [6, 6.07) is 55.4. The van der Waals surface area contributed by atoms with Crippen molar-refractivity contribution in [3.05, 3.63) is 194 Å². The van der Waals surface area contributed by atoms with Crippen LogP contribution in [0.2, 0.25) is 0 Å². The highest BCUT2D eigenvalue weighted by atomic mass is 16.3. The highest BCUT2D eigenvalue weighted by Crippen LogP contribution is 2.40. The van der Waals surface area contributed by atoms with Gasteiger partial charge in [0.25, 0.3) is 0 Å². The lowest BCUT2D eigenvalue weighted by Crippen LogP contribution is -2.01. The second kappa shape index (κ2) is 13.0. The van der Waals surface area contributed by atoms with Crippen molar-refractivity contribution in [3.8, 4) is 62.1 Å². The Balaban J connectivity index is 1.09. The Morgan fingerprint density at radius 1 is 0.411 bits per heavy atom. The number of furan rings is 1. The van der Waals surface area contributed by atoms with Gasteiger partial charge in [0, 0.05) is 43.9 Å². The lowest BCUT2D eigenvalue weighted by Gasteiger charge is -2.13. The number of hydrogen-bond acceptors (Lipinski definition) is 4. The maximum Gasteiger partial charge on any atom is 0.167 e. The van der Waals surface area contributed by atoms with E-state index in [1.54, 1.807) is 0 Å². The third-order valence-corrected chi connectivity index (χ3v) is 10.4. The van der Waals surface area contributed by atoms with Crippen LogP contribution >= 0.6 is 0 Å². The Morgan fingerprint density at radius 2 is 0.964 bits per heavy atom. The molecule has 56 heavy (non-hydrogen) atoms. The Kier molecular flexibility index (Phi) is 6.50. The molecule has 0 aliphatic carbocycles. The predicted molar refractivity (Wildman–Crippen MR) is 229 cm³/mol. The molecule has 0 atom stereocenters. The smallest absolute Gasteiger partial charge is 0.167 e. The first-order valence-electron chi connectivity index (χ1n) is 20.5. The van der Waals surface area contributed by atoms with Crippen LogP contribution in [-0.4, -0.2) is 19.5 Å². The van der Waals surface area contributed by atoms with E-state index in [2.05, 4.69) is 36.4 Å². The Labute approximate surface area is 328 Å². The van der Waals surface area contributed by atoms with Crippen LogP contribution in [0.4, 0.5) is 0 Å². The highest BCUT2D eigenvalue weighted by Gasteiger charge is 2.19. The number of nitrogens with zero attached hydrogens (tertiary/aromatic N) is 4. The number of fused-ring (bicyclic) bond motifs is 6. The molecule has 262 valence electrons. The fraction of sp³-hybridized carbons (Fsp3) is 0. The van der Waals surface area contributed by atoms with Crippen LogP contribution in [0.1, 0.15) is 5.48 Å². The van der Waals surface area contributed by atoms with E-state index in [-0.39, 0.29) is 24.2 Å². The van der Waals surface area contributed by atoms with E-state index in [1.165, 1.54) is 0 Å². The zero-order chi connectivity index (χ0) is 40.5.